The maximum Gasteiger partial charge on any atom is 0.249 e. The molecule has 0 rings (SSSR count). The molecule has 0 unspecified atom stereocenters. The zero-order valence-corrected chi connectivity index (χ0v) is 7.85. The third kappa shape index (κ3) is 2.74. The molecule has 2 heteroatoms. The normalized spacial score (nSPS) is 11.5. The summed E-state index contributed by atoms with van der Waals surface area (Å²) in [6, 6.07) is 0. The van der Waals surface area contributed by atoms with E-state index in [2.05, 4.69) is 0 Å². The molecule has 0 saturated carbocycles. The minimum Gasteiger partial charge on any atom is -0.340 e. The lowest BCUT2D eigenvalue weighted by Gasteiger charge is -2.18. The number of carbonyl (C=O) groups excluding carboxylic acids is 1. The van der Waals surface area contributed by atoms with Crippen LogP contribution in [0.4, 0.5) is 0 Å². The maximum atomic E-state index is 11.4. The Hall–Kier alpha value is -0.790. The second-order valence-electron chi connectivity index (χ2n) is 2.45. The van der Waals surface area contributed by atoms with Crippen LogP contribution in [0.2, 0.25) is 0 Å². The van der Waals surface area contributed by atoms with Crippen molar-refractivity contribution in [1.29, 1.82) is 0 Å². The van der Waals surface area contributed by atoms with E-state index in [1.807, 2.05) is 38.7 Å². The quantitative estimate of drug-likeness (QED) is 0.569. The maximum absolute atomic E-state index is 11.4. The minimum atomic E-state index is 0.150. The van der Waals surface area contributed by atoms with Gasteiger partial charge in [-0.05, 0) is 27.7 Å². The zero-order chi connectivity index (χ0) is 8.85. The lowest BCUT2D eigenvalue weighted by atomic mass is 10.2. The summed E-state index contributed by atoms with van der Waals surface area (Å²) in [7, 11) is 0. The smallest absolute Gasteiger partial charge is 0.249 e. The molecule has 0 aliphatic carbocycles. The standard InChI is InChI=1S/C9H17NO/c1-5-8(4)9(11)10(6-2)7-3/h5H,6-7H2,1-4H3/b8-5+. The summed E-state index contributed by atoms with van der Waals surface area (Å²) < 4.78 is 0. The third-order valence-corrected chi connectivity index (χ3v) is 1.82. The number of allylic oxidation sites excluding steroid dienone is 1. The van der Waals surface area contributed by atoms with Crippen molar-refractivity contribution in [3.8, 4) is 0 Å². The molecule has 64 valence electrons. The van der Waals surface area contributed by atoms with Crippen LogP contribution in [0.15, 0.2) is 11.6 Å². The van der Waals surface area contributed by atoms with Crippen LogP contribution in [0.1, 0.15) is 27.7 Å². The molecule has 1 amide bonds. The van der Waals surface area contributed by atoms with Crippen LogP contribution in [0.5, 0.6) is 0 Å². The third-order valence-electron chi connectivity index (χ3n) is 1.82. The first-order valence-electron chi connectivity index (χ1n) is 4.09. The highest BCUT2D eigenvalue weighted by Gasteiger charge is 2.09. The summed E-state index contributed by atoms with van der Waals surface area (Å²) in [6.45, 7) is 9.30. The number of nitrogens with zero attached hydrogens (tertiary/aromatic N) is 1. The van der Waals surface area contributed by atoms with E-state index in [9.17, 15) is 4.79 Å². The summed E-state index contributed by atoms with van der Waals surface area (Å²) in [5.41, 5.74) is 0.828. The highest BCUT2D eigenvalue weighted by molar-refractivity contribution is 5.92. The Morgan fingerprint density at radius 1 is 1.36 bits per heavy atom. The van der Waals surface area contributed by atoms with Crippen molar-refractivity contribution in [3.05, 3.63) is 11.6 Å². The predicted octanol–water partition coefficient (Wildman–Crippen LogP) is 1.82. The molecule has 0 fully saturated rings. The molecule has 0 aromatic rings. The van der Waals surface area contributed by atoms with Gasteiger partial charge in [0.25, 0.3) is 0 Å². The Morgan fingerprint density at radius 3 is 2.09 bits per heavy atom. The van der Waals surface area contributed by atoms with E-state index in [4.69, 9.17) is 0 Å². The van der Waals surface area contributed by atoms with Gasteiger partial charge in [0.1, 0.15) is 0 Å². The minimum absolute atomic E-state index is 0.150. The van der Waals surface area contributed by atoms with Crippen LogP contribution in [0.3, 0.4) is 0 Å². The number of carbonyl (C=O) groups is 1. The summed E-state index contributed by atoms with van der Waals surface area (Å²) >= 11 is 0. The largest absolute Gasteiger partial charge is 0.340 e. The first-order chi connectivity index (χ1) is 5.17. The molecular weight excluding hydrogens is 138 g/mol. The van der Waals surface area contributed by atoms with Crippen molar-refractivity contribution in [1.82, 2.24) is 4.90 Å². The first-order valence-corrected chi connectivity index (χ1v) is 4.09. The fourth-order valence-electron chi connectivity index (χ4n) is 0.884. The van der Waals surface area contributed by atoms with E-state index in [-0.39, 0.29) is 5.91 Å². The van der Waals surface area contributed by atoms with E-state index < -0.39 is 0 Å². The van der Waals surface area contributed by atoms with Crippen molar-refractivity contribution >= 4 is 5.91 Å². The van der Waals surface area contributed by atoms with Gasteiger partial charge in [0.15, 0.2) is 0 Å². The van der Waals surface area contributed by atoms with Gasteiger partial charge in [-0.1, -0.05) is 6.08 Å². The molecule has 0 aromatic carbocycles. The summed E-state index contributed by atoms with van der Waals surface area (Å²) in [5, 5.41) is 0. The van der Waals surface area contributed by atoms with E-state index in [0.29, 0.717) is 0 Å². The monoisotopic (exact) mass is 155 g/mol. The fourth-order valence-corrected chi connectivity index (χ4v) is 0.884. The topological polar surface area (TPSA) is 20.3 Å². The van der Waals surface area contributed by atoms with Crippen LogP contribution in [-0.2, 0) is 4.79 Å². The van der Waals surface area contributed by atoms with Crippen molar-refractivity contribution in [2.45, 2.75) is 27.7 Å². The van der Waals surface area contributed by atoms with Crippen LogP contribution in [0, 0.1) is 0 Å². The molecule has 0 saturated heterocycles. The van der Waals surface area contributed by atoms with Crippen LogP contribution in [-0.4, -0.2) is 23.9 Å². The Labute approximate surface area is 68.9 Å². The first kappa shape index (κ1) is 10.2. The molecule has 0 aromatic heterocycles. The summed E-state index contributed by atoms with van der Waals surface area (Å²) in [6.07, 6.45) is 1.85. The second-order valence-corrected chi connectivity index (χ2v) is 2.45. The van der Waals surface area contributed by atoms with E-state index >= 15 is 0 Å². The van der Waals surface area contributed by atoms with Crippen molar-refractivity contribution < 1.29 is 4.79 Å². The molecular formula is C9H17NO. The molecule has 0 radical (unpaired) electrons. The molecule has 0 aliphatic heterocycles. The van der Waals surface area contributed by atoms with Crippen molar-refractivity contribution in [3.63, 3.8) is 0 Å². The molecule has 0 atom stereocenters. The van der Waals surface area contributed by atoms with Gasteiger partial charge in [-0.3, -0.25) is 4.79 Å². The van der Waals surface area contributed by atoms with Gasteiger partial charge in [0, 0.05) is 18.7 Å². The molecule has 0 bridgehead atoms. The number of amides is 1. The van der Waals surface area contributed by atoms with Gasteiger partial charge in [0.2, 0.25) is 5.91 Å². The van der Waals surface area contributed by atoms with Crippen LogP contribution >= 0.6 is 0 Å². The average Bonchev–Trinajstić information content (AvgIpc) is 2.05. The van der Waals surface area contributed by atoms with Gasteiger partial charge in [-0.15, -0.1) is 0 Å². The number of rotatable bonds is 3. The van der Waals surface area contributed by atoms with Crippen molar-refractivity contribution in [2.24, 2.45) is 0 Å². The molecule has 0 spiro atoms. The lowest BCUT2D eigenvalue weighted by molar-refractivity contribution is -0.126. The summed E-state index contributed by atoms with van der Waals surface area (Å²) in [5.74, 6) is 0.150. The van der Waals surface area contributed by atoms with E-state index in [1.54, 1.807) is 0 Å². The Balaban J connectivity index is 4.21. The predicted molar refractivity (Wildman–Crippen MR) is 47.4 cm³/mol. The second kappa shape index (κ2) is 4.94. The van der Waals surface area contributed by atoms with Crippen LogP contribution < -0.4 is 0 Å². The molecule has 11 heavy (non-hydrogen) atoms. The van der Waals surface area contributed by atoms with Gasteiger partial charge >= 0.3 is 0 Å². The Morgan fingerprint density at radius 2 is 1.82 bits per heavy atom. The van der Waals surface area contributed by atoms with Gasteiger partial charge in [0.05, 0.1) is 0 Å². The molecule has 2 nitrogen and oxygen atoms in total. The summed E-state index contributed by atoms with van der Waals surface area (Å²) in [4.78, 5) is 13.2. The zero-order valence-electron chi connectivity index (χ0n) is 7.85. The van der Waals surface area contributed by atoms with Gasteiger partial charge in [-0.25, -0.2) is 0 Å². The number of likely N-dealkylation sites (N-methyl/N-ethyl adjacent to an activating group) is 1. The molecule has 0 aliphatic rings. The lowest BCUT2D eigenvalue weighted by Crippen LogP contribution is -2.30. The number of hydrogen-bond donors (Lipinski definition) is 0. The van der Waals surface area contributed by atoms with Crippen molar-refractivity contribution in [2.75, 3.05) is 13.1 Å². The highest BCUT2D eigenvalue weighted by Crippen LogP contribution is 1.99. The Bertz CT molecular complexity index is 157. The van der Waals surface area contributed by atoms with Gasteiger partial charge in [-0.2, -0.15) is 0 Å². The molecule has 0 N–H and O–H groups in total. The molecule has 0 heterocycles. The van der Waals surface area contributed by atoms with E-state index in [0.717, 1.165) is 18.7 Å². The average molecular weight is 155 g/mol. The Kier molecular flexibility index (Phi) is 4.59. The van der Waals surface area contributed by atoms with E-state index in [1.165, 1.54) is 0 Å². The van der Waals surface area contributed by atoms with Crippen LogP contribution in [0.25, 0.3) is 0 Å². The van der Waals surface area contributed by atoms with Gasteiger partial charge < -0.3 is 4.90 Å². The number of hydrogen-bond acceptors (Lipinski definition) is 1. The highest BCUT2D eigenvalue weighted by atomic mass is 16.2. The SMILES string of the molecule is C/C=C(\C)C(=O)N(CC)CC. The fraction of sp³-hybridized carbons (Fsp3) is 0.667.